The largest absolute Gasteiger partial charge is 0.380 e. The van der Waals surface area contributed by atoms with Gasteiger partial charge in [-0.3, -0.25) is 9.48 Å². The Morgan fingerprint density at radius 2 is 2.17 bits per heavy atom. The third kappa shape index (κ3) is 2.86. The lowest BCUT2D eigenvalue weighted by molar-refractivity contribution is 0.0613. The van der Waals surface area contributed by atoms with Crippen molar-refractivity contribution in [3.05, 3.63) is 41.5 Å². The first-order valence-electron chi connectivity index (χ1n) is 8.62. The van der Waals surface area contributed by atoms with Gasteiger partial charge in [0.1, 0.15) is 5.69 Å². The van der Waals surface area contributed by atoms with Gasteiger partial charge in [0.15, 0.2) is 0 Å². The van der Waals surface area contributed by atoms with Crippen molar-refractivity contribution in [1.29, 1.82) is 0 Å². The topological polar surface area (TPSA) is 52.3 Å². The fourth-order valence-electron chi connectivity index (χ4n) is 3.56. The van der Waals surface area contributed by atoms with Gasteiger partial charge in [-0.2, -0.15) is 5.10 Å². The lowest BCUT2D eigenvalue weighted by atomic mass is 9.96. The number of ether oxygens (including phenoxy) is 1. The number of carbonyl (C=O) groups excluding carboxylic acids is 1. The standard InChI is InChI=1S/C18H24N4O2/c1-20-7-3-4-16(20)18(23)22-9-14-8-19-21(2)17(14)15(10-22)12-24-11-13-5-6-13/h3-4,7-8,13,15H,5-6,9-12H2,1-2H3/t15-/m0/s1. The quantitative estimate of drug-likeness (QED) is 0.843. The Labute approximate surface area is 142 Å². The highest BCUT2D eigenvalue weighted by atomic mass is 16.5. The molecule has 0 bridgehead atoms. The van der Waals surface area contributed by atoms with Crippen molar-refractivity contribution < 1.29 is 9.53 Å². The van der Waals surface area contributed by atoms with Crippen LogP contribution in [-0.2, 0) is 25.4 Å². The average molecular weight is 328 g/mol. The van der Waals surface area contributed by atoms with E-state index < -0.39 is 0 Å². The zero-order valence-corrected chi connectivity index (χ0v) is 14.3. The molecule has 6 heteroatoms. The highest BCUT2D eigenvalue weighted by molar-refractivity contribution is 5.93. The fourth-order valence-corrected chi connectivity index (χ4v) is 3.56. The second-order valence-corrected chi connectivity index (χ2v) is 7.05. The van der Waals surface area contributed by atoms with Gasteiger partial charge in [-0.1, -0.05) is 0 Å². The van der Waals surface area contributed by atoms with E-state index in [0.717, 1.165) is 23.8 Å². The lowest BCUT2D eigenvalue weighted by Gasteiger charge is -2.33. The molecule has 1 fully saturated rings. The summed E-state index contributed by atoms with van der Waals surface area (Å²) in [6, 6.07) is 3.78. The molecule has 0 spiro atoms. The number of hydrogen-bond donors (Lipinski definition) is 0. The van der Waals surface area contributed by atoms with E-state index in [-0.39, 0.29) is 11.8 Å². The van der Waals surface area contributed by atoms with Crippen LogP contribution in [0.5, 0.6) is 0 Å². The first kappa shape index (κ1) is 15.4. The molecule has 2 aromatic rings. The average Bonchev–Trinajstić information content (AvgIpc) is 3.18. The van der Waals surface area contributed by atoms with E-state index in [9.17, 15) is 4.79 Å². The van der Waals surface area contributed by atoms with Crippen molar-refractivity contribution >= 4 is 5.91 Å². The molecule has 0 aromatic carbocycles. The highest BCUT2D eigenvalue weighted by Crippen LogP contribution is 2.32. The molecule has 24 heavy (non-hydrogen) atoms. The van der Waals surface area contributed by atoms with Crippen LogP contribution in [0.2, 0.25) is 0 Å². The van der Waals surface area contributed by atoms with Crippen LogP contribution in [0.25, 0.3) is 0 Å². The summed E-state index contributed by atoms with van der Waals surface area (Å²) in [5.41, 5.74) is 3.06. The zero-order valence-electron chi connectivity index (χ0n) is 14.3. The minimum Gasteiger partial charge on any atom is -0.380 e. The van der Waals surface area contributed by atoms with Crippen molar-refractivity contribution in [2.45, 2.75) is 25.3 Å². The molecule has 128 valence electrons. The highest BCUT2D eigenvalue weighted by Gasteiger charge is 2.32. The van der Waals surface area contributed by atoms with Crippen LogP contribution in [0.1, 0.15) is 40.5 Å². The van der Waals surface area contributed by atoms with Crippen molar-refractivity contribution in [2.24, 2.45) is 20.0 Å². The van der Waals surface area contributed by atoms with Crippen molar-refractivity contribution in [3.63, 3.8) is 0 Å². The number of rotatable bonds is 5. The second-order valence-electron chi connectivity index (χ2n) is 7.05. The van der Waals surface area contributed by atoms with Crippen LogP contribution >= 0.6 is 0 Å². The number of aromatic nitrogens is 3. The fraction of sp³-hybridized carbons (Fsp3) is 0.556. The van der Waals surface area contributed by atoms with Gasteiger partial charge in [0.05, 0.1) is 18.5 Å². The zero-order chi connectivity index (χ0) is 16.7. The van der Waals surface area contributed by atoms with Crippen LogP contribution in [0.4, 0.5) is 0 Å². The van der Waals surface area contributed by atoms with Crippen LogP contribution in [0.15, 0.2) is 24.5 Å². The first-order valence-corrected chi connectivity index (χ1v) is 8.62. The molecule has 1 aliphatic heterocycles. The Bertz CT molecular complexity index is 744. The number of aryl methyl sites for hydroxylation is 2. The van der Waals surface area contributed by atoms with Gasteiger partial charge in [0, 0.05) is 51.5 Å². The van der Waals surface area contributed by atoms with E-state index >= 15 is 0 Å². The maximum Gasteiger partial charge on any atom is 0.270 e. The summed E-state index contributed by atoms with van der Waals surface area (Å²) < 4.78 is 9.75. The molecule has 0 saturated heterocycles. The number of nitrogens with zero attached hydrogens (tertiary/aromatic N) is 4. The summed E-state index contributed by atoms with van der Waals surface area (Å²) in [6.45, 7) is 2.79. The molecular formula is C18H24N4O2. The SMILES string of the molecule is Cn1cccc1C(=O)N1Cc2cnn(C)c2[C@H](COCC2CC2)C1. The van der Waals surface area contributed by atoms with Gasteiger partial charge < -0.3 is 14.2 Å². The number of hydrogen-bond acceptors (Lipinski definition) is 3. The Morgan fingerprint density at radius 3 is 2.88 bits per heavy atom. The molecule has 1 saturated carbocycles. The van der Waals surface area contributed by atoms with Crippen LogP contribution in [-0.4, -0.2) is 44.9 Å². The number of fused-ring (bicyclic) bond motifs is 1. The van der Waals surface area contributed by atoms with Gasteiger partial charge in [0.25, 0.3) is 5.91 Å². The lowest BCUT2D eigenvalue weighted by Crippen LogP contribution is -2.40. The summed E-state index contributed by atoms with van der Waals surface area (Å²) in [5, 5.41) is 4.40. The third-order valence-electron chi connectivity index (χ3n) is 5.07. The predicted octanol–water partition coefficient (Wildman–Crippen LogP) is 1.92. The minimum absolute atomic E-state index is 0.0733. The molecule has 4 rings (SSSR count). The summed E-state index contributed by atoms with van der Waals surface area (Å²) in [6.07, 6.45) is 6.37. The second kappa shape index (κ2) is 6.09. The number of carbonyl (C=O) groups is 1. The predicted molar refractivity (Wildman–Crippen MR) is 89.6 cm³/mol. The van der Waals surface area contributed by atoms with Crippen LogP contribution < -0.4 is 0 Å². The molecule has 0 unspecified atom stereocenters. The summed E-state index contributed by atoms with van der Waals surface area (Å²) in [4.78, 5) is 14.8. The van der Waals surface area contributed by atoms with Gasteiger partial charge in [-0.15, -0.1) is 0 Å². The third-order valence-corrected chi connectivity index (χ3v) is 5.07. The molecule has 6 nitrogen and oxygen atoms in total. The Balaban J connectivity index is 1.53. The number of amides is 1. The van der Waals surface area contributed by atoms with Crippen molar-refractivity contribution in [3.8, 4) is 0 Å². The molecule has 2 aromatic heterocycles. The maximum atomic E-state index is 12.9. The van der Waals surface area contributed by atoms with E-state index in [2.05, 4.69) is 5.10 Å². The summed E-state index contributed by atoms with van der Waals surface area (Å²) in [7, 11) is 3.88. The van der Waals surface area contributed by atoms with E-state index in [4.69, 9.17) is 4.74 Å². The first-order chi connectivity index (χ1) is 11.6. The maximum absolute atomic E-state index is 12.9. The summed E-state index contributed by atoms with van der Waals surface area (Å²) in [5.74, 6) is 1.01. The summed E-state index contributed by atoms with van der Waals surface area (Å²) >= 11 is 0. The van der Waals surface area contributed by atoms with Crippen molar-refractivity contribution in [2.75, 3.05) is 19.8 Å². The van der Waals surface area contributed by atoms with Gasteiger partial charge in [-0.05, 0) is 30.9 Å². The van der Waals surface area contributed by atoms with E-state index in [0.29, 0.717) is 19.7 Å². The molecule has 2 aliphatic rings. The normalized spacial score (nSPS) is 20.2. The Morgan fingerprint density at radius 1 is 1.33 bits per heavy atom. The molecule has 3 heterocycles. The molecular weight excluding hydrogens is 304 g/mol. The molecule has 1 atom stereocenters. The van der Waals surface area contributed by atoms with Crippen LogP contribution in [0, 0.1) is 5.92 Å². The van der Waals surface area contributed by atoms with Gasteiger partial charge in [-0.25, -0.2) is 0 Å². The molecule has 1 aliphatic carbocycles. The molecule has 0 N–H and O–H groups in total. The minimum atomic E-state index is 0.0733. The van der Waals surface area contributed by atoms with Crippen LogP contribution in [0.3, 0.4) is 0 Å². The molecule has 1 amide bonds. The smallest absolute Gasteiger partial charge is 0.270 e. The van der Waals surface area contributed by atoms with Gasteiger partial charge >= 0.3 is 0 Å². The van der Waals surface area contributed by atoms with E-state index in [1.54, 1.807) is 0 Å². The van der Waals surface area contributed by atoms with E-state index in [1.807, 2.05) is 52.8 Å². The van der Waals surface area contributed by atoms with E-state index in [1.165, 1.54) is 18.5 Å². The Hall–Kier alpha value is -2.08. The van der Waals surface area contributed by atoms with Crippen molar-refractivity contribution in [1.82, 2.24) is 19.2 Å². The van der Waals surface area contributed by atoms with Gasteiger partial charge in [0.2, 0.25) is 0 Å². The Kier molecular flexibility index (Phi) is 3.92. The monoisotopic (exact) mass is 328 g/mol. The molecule has 0 radical (unpaired) electrons.